The van der Waals surface area contributed by atoms with E-state index in [0.29, 0.717) is 11.4 Å². The summed E-state index contributed by atoms with van der Waals surface area (Å²) in [6, 6.07) is 4.68. The zero-order valence-corrected chi connectivity index (χ0v) is 11.4. The molecule has 0 spiro atoms. The molecular weight excluding hydrogens is 253 g/mol. The molecule has 2 aromatic rings. The van der Waals surface area contributed by atoms with Crippen LogP contribution in [0.1, 0.15) is 12.2 Å². The summed E-state index contributed by atoms with van der Waals surface area (Å²) >= 11 is 5.90. The van der Waals surface area contributed by atoms with Crippen LogP contribution >= 0.6 is 11.6 Å². The monoisotopic (exact) mass is 269 g/mol. The maximum atomic E-state index is 13.2. The normalized spacial score (nSPS) is 11.6. The number of halogens is 2. The lowest BCUT2D eigenvalue weighted by Crippen LogP contribution is -2.15. The van der Waals surface area contributed by atoms with Gasteiger partial charge in [0.15, 0.2) is 0 Å². The molecule has 0 aliphatic carbocycles. The second-order valence-corrected chi connectivity index (χ2v) is 4.87. The molecule has 0 unspecified atom stereocenters. The number of imidazole rings is 1. The number of rotatable bonds is 5. The van der Waals surface area contributed by atoms with Crippen molar-refractivity contribution in [2.24, 2.45) is 0 Å². The van der Waals surface area contributed by atoms with E-state index in [1.165, 1.54) is 12.1 Å². The molecule has 0 aliphatic heterocycles. The molecule has 0 saturated heterocycles. The topological polar surface area (TPSA) is 21.1 Å². The zero-order chi connectivity index (χ0) is 13.1. The van der Waals surface area contributed by atoms with Gasteiger partial charge in [0.05, 0.1) is 16.9 Å². The Labute approximate surface area is 111 Å². The summed E-state index contributed by atoms with van der Waals surface area (Å²) in [5, 5.41) is 0. The van der Waals surface area contributed by atoms with Crippen LogP contribution in [0.5, 0.6) is 0 Å². The third-order valence-electron chi connectivity index (χ3n) is 2.90. The first-order valence-electron chi connectivity index (χ1n) is 5.97. The highest BCUT2D eigenvalue weighted by Gasteiger charge is 2.10. The van der Waals surface area contributed by atoms with Gasteiger partial charge in [-0.3, -0.25) is 0 Å². The molecule has 0 fully saturated rings. The maximum Gasteiger partial charge on any atom is 0.125 e. The van der Waals surface area contributed by atoms with E-state index in [1.54, 1.807) is 6.07 Å². The lowest BCUT2D eigenvalue weighted by Gasteiger charge is -2.11. The lowest BCUT2D eigenvalue weighted by atomic mass is 10.3. The third kappa shape index (κ3) is 2.82. The lowest BCUT2D eigenvalue weighted by molar-refractivity contribution is 0.386. The molecule has 1 aromatic heterocycles. The van der Waals surface area contributed by atoms with Crippen LogP contribution in [0.25, 0.3) is 11.0 Å². The van der Waals surface area contributed by atoms with Gasteiger partial charge in [0.2, 0.25) is 0 Å². The fourth-order valence-corrected chi connectivity index (χ4v) is 2.25. The maximum absolute atomic E-state index is 13.2. The molecule has 0 atom stereocenters. The molecule has 5 heteroatoms. The minimum atomic E-state index is -0.262. The number of aryl methyl sites for hydroxylation is 1. The summed E-state index contributed by atoms with van der Waals surface area (Å²) in [7, 11) is 4.09. The number of fused-ring (bicyclic) bond motifs is 1. The highest BCUT2D eigenvalue weighted by Crippen LogP contribution is 2.19. The van der Waals surface area contributed by atoms with Gasteiger partial charge in [-0.05, 0) is 39.2 Å². The summed E-state index contributed by atoms with van der Waals surface area (Å²) < 4.78 is 15.2. The van der Waals surface area contributed by atoms with Gasteiger partial charge < -0.3 is 9.47 Å². The van der Waals surface area contributed by atoms with Gasteiger partial charge in [-0.1, -0.05) is 0 Å². The van der Waals surface area contributed by atoms with Crippen molar-refractivity contribution < 1.29 is 4.39 Å². The van der Waals surface area contributed by atoms with E-state index < -0.39 is 0 Å². The summed E-state index contributed by atoms with van der Waals surface area (Å²) in [5.74, 6) is 0.885. The molecule has 0 amide bonds. The van der Waals surface area contributed by atoms with Crippen LogP contribution < -0.4 is 0 Å². The molecular formula is C13H17ClFN3. The molecule has 0 saturated carbocycles. The fraction of sp³-hybridized carbons (Fsp3) is 0.462. The molecule has 1 aromatic carbocycles. The number of hydrogen-bond acceptors (Lipinski definition) is 2. The smallest absolute Gasteiger partial charge is 0.125 e. The Morgan fingerprint density at radius 1 is 1.39 bits per heavy atom. The Balaban J connectivity index is 2.29. The van der Waals surface area contributed by atoms with Gasteiger partial charge in [0.25, 0.3) is 0 Å². The van der Waals surface area contributed by atoms with Crippen molar-refractivity contribution >= 4 is 22.6 Å². The van der Waals surface area contributed by atoms with Crippen LogP contribution in [0, 0.1) is 5.82 Å². The predicted octanol–water partition coefficient (Wildman–Crippen LogP) is 2.87. The van der Waals surface area contributed by atoms with Crippen molar-refractivity contribution in [1.29, 1.82) is 0 Å². The Morgan fingerprint density at radius 3 is 2.83 bits per heavy atom. The van der Waals surface area contributed by atoms with Gasteiger partial charge >= 0.3 is 0 Å². The van der Waals surface area contributed by atoms with Crippen LogP contribution in [-0.4, -0.2) is 35.1 Å². The molecule has 0 bridgehead atoms. The van der Waals surface area contributed by atoms with Crippen LogP contribution in [-0.2, 0) is 12.4 Å². The van der Waals surface area contributed by atoms with Crippen molar-refractivity contribution in [2.45, 2.75) is 18.8 Å². The second-order valence-electron chi connectivity index (χ2n) is 4.60. The SMILES string of the molecule is CN(C)CCCn1c(CCl)nc2cc(F)ccc21. The molecule has 18 heavy (non-hydrogen) atoms. The highest BCUT2D eigenvalue weighted by atomic mass is 35.5. The number of hydrogen-bond donors (Lipinski definition) is 0. The van der Waals surface area contributed by atoms with E-state index in [1.807, 2.05) is 14.1 Å². The molecule has 0 radical (unpaired) electrons. The molecule has 0 N–H and O–H groups in total. The van der Waals surface area contributed by atoms with Crippen LogP contribution in [0.2, 0.25) is 0 Å². The highest BCUT2D eigenvalue weighted by molar-refractivity contribution is 6.16. The first-order valence-corrected chi connectivity index (χ1v) is 6.50. The second kappa shape index (κ2) is 5.67. The van der Waals surface area contributed by atoms with Crippen LogP contribution in [0.3, 0.4) is 0 Å². The Morgan fingerprint density at radius 2 is 2.17 bits per heavy atom. The molecule has 1 heterocycles. The molecule has 2 rings (SSSR count). The quantitative estimate of drug-likeness (QED) is 0.779. The number of aromatic nitrogens is 2. The Hall–Kier alpha value is -1.13. The standard InChI is InChI=1S/C13H17ClFN3/c1-17(2)6-3-7-18-12-5-4-10(15)8-11(12)16-13(18)9-14/h4-5,8H,3,6-7,9H2,1-2H3. The van der Waals surface area contributed by atoms with Gasteiger partial charge in [-0.25, -0.2) is 9.37 Å². The average molecular weight is 270 g/mol. The van der Waals surface area contributed by atoms with Crippen LogP contribution in [0.15, 0.2) is 18.2 Å². The van der Waals surface area contributed by atoms with Gasteiger partial charge in [-0.2, -0.15) is 0 Å². The molecule has 3 nitrogen and oxygen atoms in total. The van der Waals surface area contributed by atoms with Crippen LogP contribution in [0.4, 0.5) is 4.39 Å². The molecule has 0 aliphatic rings. The average Bonchev–Trinajstić information content (AvgIpc) is 2.66. The molecule has 98 valence electrons. The van der Waals surface area contributed by atoms with E-state index in [9.17, 15) is 4.39 Å². The van der Waals surface area contributed by atoms with Gasteiger partial charge in [0.1, 0.15) is 11.6 Å². The largest absolute Gasteiger partial charge is 0.327 e. The fourth-order valence-electron chi connectivity index (χ4n) is 2.05. The summed E-state index contributed by atoms with van der Waals surface area (Å²) in [4.78, 5) is 6.51. The zero-order valence-electron chi connectivity index (χ0n) is 10.7. The van der Waals surface area contributed by atoms with Gasteiger partial charge in [-0.15, -0.1) is 11.6 Å². The third-order valence-corrected chi connectivity index (χ3v) is 3.13. The predicted molar refractivity (Wildman–Crippen MR) is 72.4 cm³/mol. The van der Waals surface area contributed by atoms with E-state index in [4.69, 9.17) is 11.6 Å². The van der Waals surface area contributed by atoms with Crippen molar-refractivity contribution in [3.63, 3.8) is 0 Å². The van der Waals surface area contributed by atoms with E-state index in [-0.39, 0.29) is 5.82 Å². The van der Waals surface area contributed by atoms with E-state index in [2.05, 4.69) is 14.5 Å². The van der Waals surface area contributed by atoms with E-state index in [0.717, 1.165) is 30.9 Å². The number of nitrogens with zero attached hydrogens (tertiary/aromatic N) is 3. The van der Waals surface area contributed by atoms with Crippen molar-refractivity contribution in [3.05, 3.63) is 29.8 Å². The van der Waals surface area contributed by atoms with E-state index >= 15 is 0 Å². The minimum Gasteiger partial charge on any atom is -0.327 e. The summed E-state index contributed by atoms with van der Waals surface area (Å²) in [6.07, 6.45) is 1.01. The Bertz CT molecular complexity index is 536. The summed E-state index contributed by atoms with van der Waals surface area (Å²) in [6.45, 7) is 1.85. The number of alkyl halides is 1. The minimum absolute atomic E-state index is 0.262. The van der Waals surface area contributed by atoms with Crippen molar-refractivity contribution in [2.75, 3.05) is 20.6 Å². The van der Waals surface area contributed by atoms with Crippen molar-refractivity contribution in [1.82, 2.24) is 14.5 Å². The first-order chi connectivity index (χ1) is 8.61. The summed E-state index contributed by atoms with van der Waals surface area (Å²) in [5.41, 5.74) is 1.63. The first kappa shape index (κ1) is 13.3. The number of benzene rings is 1. The van der Waals surface area contributed by atoms with Gasteiger partial charge in [0, 0.05) is 12.6 Å². The van der Waals surface area contributed by atoms with Crippen molar-refractivity contribution in [3.8, 4) is 0 Å². The Kier molecular flexibility index (Phi) is 4.19.